The Balaban J connectivity index is 0.000000567. The lowest BCUT2D eigenvalue weighted by atomic mass is 10.00. The summed E-state index contributed by atoms with van der Waals surface area (Å²) in [6, 6.07) is 67.5. The summed E-state index contributed by atoms with van der Waals surface area (Å²) in [6.45, 7) is 41.9. The van der Waals surface area contributed by atoms with Gasteiger partial charge in [0.15, 0.2) is 0 Å². The third-order valence-corrected chi connectivity index (χ3v) is 16.9. The van der Waals surface area contributed by atoms with Crippen molar-refractivity contribution in [1.82, 2.24) is 14.7 Å². The molecule has 0 atom stereocenters. The van der Waals surface area contributed by atoms with Gasteiger partial charge in [0.2, 0.25) is 5.91 Å². The minimum Gasteiger partial charge on any atom is -0.464 e. The molecule has 11 nitrogen and oxygen atoms in total. The number of anilines is 1. The van der Waals surface area contributed by atoms with Gasteiger partial charge in [-0.1, -0.05) is 250 Å². The van der Waals surface area contributed by atoms with Crippen molar-refractivity contribution in [2.45, 2.75) is 158 Å². The molecule has 8 heterocycles. The SMILES string of the molecule is CC.CC.CC.CC.CC.CC.CC.CC.CN1C(=O)Cc2ccccc21.CN1C(=O)c2ccccc2C1=O.CN1CCc2ccccc2C1=O.CN1Cc2ccccc2C1=O.Cc1cc2ccccc2o1.Cc1cc2ccccc2s1.Cc1coc2ccccc12.Cc1csc2ccccc12. The number of benzene rings is 8. The first-order valence-electron chi connectivity index (χ1n) is 36.2. The second-order valence-corrected chi connectivity index (χ2v) is 23.2. The Hall–Kier alpha value is -9.69. The van der Waals surface area contributed by atoms with Crippen molar-refractivity contribution in [2.24, 2.45) is 0 Å². The molecule has 0 fully saturated rings. The number of para-hydroxylation sites is 3. The minimum absolute atomic E-state index is 0.139. The maximum atomic E-state index is 11.5. The van der Waals surface area contributed by atoms with E-state index in [0.29, 0.717) is 17.5 Å². The number of imide groups is 1. The van der Waals surface area contributed by atoms with E-state index in [0.717, 1.165) is 69.3 Å². The molecule has 0 N–H and O–H groups in total. The molecule has 13 heteroatoms. The smallest absolute Gasteiger partial charge is 0.261 e. The number of hydrogen-bond acceptors (Lipinski definition) is 9. The number of likely N-dealkylation sites (N-methyl/N-ethyl adjacent to an activating group) is 2. The summed E-state index contributed by atoms with van der Waals surface area (Å²) >= 11 is 3.67. The van der Waals surface area contributed by atoms with E-state index in [1.54, 1.807) is 45.2 Å². The Bertz CT molecular complexity index is 4100. The fraction of sp³-hybridized carbons (Fsp3) is 0.315. The van der Waals surface area contributed by atoms with Crippen molar-refractivity contribution >= 4 is 100 Å². The van der Waals surface area contributed by atoms with Gasteiger partial charge >= 0.3 is 0 Å². The number of rotatable bonds is 0. The van der Waals surface area contributed by atoms with Crippen LogP contribution < -0.4 is 4.90 Å². The van der Waals surface area contributed by atoms with Gasteiger partial charge in [-0.25, -0.2) is 0 Å². The highest BCUT2D eigenvalue weighted by atomic mass is 32.1. The monoisotopic (exact) mass is 1420 g/mol. The van der Waals surface area contributed by atoms with E-state index >= 15 is 0 Å². The molecule has 0 spiro atoms. The molecule has 0 saturated carbocycles. The molecule has 12 aromatic rings. The largest absolute Gasteiger partial charge is 0.464 e. The Labute approximate surface area is 619 Å². The van der Waals surface area contributed by atoms with Gasteiger partial charge in [-0.05, 0) is 145 Å². The van der Waals surface area contributed by atoms with Gasteiger partial charge in [-0.3, -0.25) is 28.9 Å². The van der Waals surface area contributed by atoms with Crippen LogP contribution in [0, 0.1) is 27.7 Å². The summed E-state index contributed by atoms with van der Waals surface area (Å²) in [5.74, 6) is 1.02. The van der Waals surface area contributed by atoms with Crippen molar-refractivity contribution in [3.05, 3.63) is 279 Å². The summed E-state index contributed by atoms with van der Waals surface area (Å²) < 4.78 is 13.4. The second kappa shape index (κ2) is 50.6. The molecule has 0 radical (unpaired) electrons. The number of furan rings is 2. The lowest BCUT2D eigenvalue weighted by Crippen LogP contribution is -2.33. The number of amides is 5. The molecule has 0 unspecified atom stereocenters. The van der Waals surface area contributed by atoms with Crippen molar-refractivity contribution in [1.29, 1.82) is 0 Å². The van der Waals surface area contributed by atoms with E-state index in [1.165, 1.54) is 59.6 Å². The Morgan fingerprint density at radius 3 is 1.35 bits per heavy atom. The molecule has 0 bridgehead atoms. The normalized spacial score (nSPS) is 11.6. The molecule has 0 saturated heterocycles. The molecule has 16 rings (SSSR count). The molecule has 546 valence electrons. The molecule has 5 amide bonds. The molecule has 102 heavy (non-hydrogen) atoms. The maximum absolute atomic E-state index is 11.5. The molecule has 4 aliphatic heterocycles. The average molecular weight is 1420 g/mol. The standard InChI is InChI=1S/C10H11NO.C9H7NO2.2C9H9NO.2C9H8O.2C9H8S.8C2H6/c1-11-7-6-8-4-2-3-5-9(8)10(11)12;1-10-8(11)6-4-2-3-5-7(6)9(10)12;1-10-6-7-4-2-3-5-8(7)9(10)11;1-10-8-5-3-2-4-7(8)6-9(10)11;1-7-6-10-9-5-3-2-4-8(7)9;1-7-6-8-4-2-3-5-9(8)10-7;1-7-6-10-9-5-3-2-4-8(7)9;1-7-6-8-4-2-3-5-9(8)10-7;8*1-2/h2-5H,6-7H2,1H3;2-5H,1H3;2*2-5H,6H2,1H3;4*2-6H,1H3;8*1-2H3. The molecule has 0 aliphatic carbocycles. The van der Waals surface area contributed by atoms with Crippen LogP contribution in [0.1, 0.15) is 191 Å². The number of thiophene rings is 2. The highest BCUT2D eigenvalue weighted by Crippen LogP contribution is 2.28. The fourth-order valence-corrected chi connectivity index (χ4v) is 12.0. The van der Waals surface area contributed by atoms with Gasteiger partial charge in [-0.15, -0.1) is 22.7 Å². The third-order valence-electron chi connectivity index (χ3n) is 14.8. The Kier molecular flexibility index (Phi) is 44.8. The molecular formula is C89H116N4O7S2. The third kappa shape index (κ3) is 26.4. The number of hydrogen-bond donors (Lipinski definition) is 0. The Morgan fingerprint density at radius 1 is 0.382 bits per heavy atom. The van der Waals surface area contributed by atoms with Gasteiger partial charge in [-0.2, -0.15) is 0 Å². The number of fused-ring (bicyclic) bond motifs is 8. The predicted molar refractivity (Wildman–Crippen MR) is 442 cm³/mol. The van der Waals surface area contributed by atoms with E-state index in [4.69, 9.17) is 8.83 Å². The van der Waals surface area contributed by atoms with Crippen LogP contribution in [0.25, 0.3) is 42.1 Å². The van der Waals surface area contributed by atoms with E-state index < -0.39 is 0 Å². The van der Waals surface area contributed by atoms with Gasteiger partial charge in [0, 0.05) is 83.1 Å². The van der Waals surface area contributed by atoms with Crippen LogP contribution >= 0.6 is 22.7 Å². The molecule has 8 aromatic carbocycles. The first kappa shape index (κ1) is 90.3. The van der Waals surface area contributed by atoms with E-state index in [-0.39, 0.29) is 29.5 Å². The quantitative estimate of drug-likeness (QED) is 0.138. The van der Waals surface area contributed by atoms with Crippen LogP contribution in [0.3, 0.4) is 0 Å². The highest BCUT2D eigenvalue weighted by molar-refractivity contribution is 7.19. The van der Waals surface area contributed by atoms with Crippen LogP contribution in [0.2, 0.25) is 0 Å². The Morgan fingerprint density at radius 2 is 0.824 bits per heavy atom. The van der Waals surface area contributed by atoms with E-state index in [9.17, 15) is 24.0 Å². The topological polar surface area (TPSA) is 125 Å². The van der Waals surface area contributed by atoms with Crippen LogP contribution in [0.15, 0.2) is 227 Å². The van der Waals surface area contributed by atoms with E-state index in [1.807, 2.05) is 290 Å². The van der Waals surface area contributed by atoms with E-state index in [2.05, 4.69) is 79.9 Å². The number of carbonyl (C=O) groups excluding carboxylic acids is 5. The first-order chi connectivity index (χ1) is 49.6. The zero-order chi connectivity index (χ0) is 76.9. The maximum Gasteiger partial charge on any atom is 0.261 e. The molecular weight excluding hydrogens is 1300 g/mol. The average Bonchev–Trinajstić information content (AvgIpc) is 1.54. The van der Waals surface area contributed by atoms with Crippen molar-refractivity contribution in [3.8, 4) is 0 Å². The highest BCUT2D eigenvalue weighted by Gasteiger charge is 2.32. The van der Waals surface area contributed by atoms with Gasteiger partial charge in [0.1, 0.15) is 16.9 Å². The zero-order valence-corrected chi connectivity index (χ0v) is 67.2. The number of carbonyl (C=O) groups is 5. The van der Waals surface area contributed by atoms with Gasteiger partial charge in [0.05, 0.1) is 23.8 Å². The van der Waals surface area contributed by atoms with Crippen molar-refractivity contribution in [2.75, 3.05) is 39.6 Å². The predicted octanol–water partition coefficient (Wildman–Crippen LogP) is 24.8. The second-order valence-electron chi connectivity index (χ2n) is 21.0. The van der Waals surface area contributed by atoms with Crippen LogP contribution in [-0.4, -0.2) is 79.0 Å². The number of aryl methyl sites for hydroxylation is 4. The van der Waals surface area contributed by atoms with Crippen LogP contribution in [0.4, 0.5) is 5.69 Å². The molecule has 4 aromatic heterocycles. The summed E-state index contributed by atoms with van der Waals surface area (Å²) in [5.41, 5.74) is 11.8. The van der Waals surface area contributed by atoms with Crippen LogP contribution in [-0.2, 0) is 24.2 Å². The minimum atomic E-state index is -0.212. The zero-order valence-electron chi connectivity index (χ0n) is 65.6. The lowest BCUT2D eigenvalue weighted by Gasteiger charge is -2.24. The first-order valence-corrected chi connectivity index (χ1v) is 37.9. The summed E-state index contributed by atoms with van der Waals surface area (Å²) in [7, 11) is 6.97. The van der Waals surface area contributed by atoms with Crippen molar-refractivity contribution < 1.29 is 32.8 Å². The number of nitrogens with zero attached hydrogens (tertiary/aromatic N) is 4. The van der Waals surface area contributed by atoms with Gasteiger partial charge < -0.3 is 23.5 Å². The molecule has 4 aliphatic rings. The van der Waals surface area contributed by atoms with Crippen molar-refractivity contribution in [3.63, 3.8) is 0 Å². The lowest BCUT2D eigenvalue weighted by molar-refractivity contribution is -0.117. The fourth-order valence-electron chi connectivity index (χ4n) is 10.1. The summed E-state index contributed by atoms with van der Waals surface area (Å²) in [4.78, 5) is 64.4. The van der Waals surface area contributed by atoms with Gasteiger partial charge in [0.25, 0.3) is 23.6 Å². The summed E-state index contributed by atoms with van der Waals surface area (Å²) in [6.07, 6.45) is 3.33. The van der Waals surface area contributed by atoms with Crippen LogP contribution in [0.5, 0.6) is 0 Å². The summed E-state index contributed by atoms with van der Waals surface area (Å²) in [5, 5.41) is 7.35.